The summed E-state index contributed by atoms with van der Waals surface area (Å²) in [4.78, 5) is 3.53. The minimum atomic E-state index is -1.01. The maximum Gasteiger partial charge on any atom is 0.161 e. The van der Waals surface area contributed by atoms with Gasteiger partial charge in [-0.3, -0.25) is 0 Å². The standard InChI is InChI=1S/C44H61N3O6/c1-2-29-9-4-5-10-37(51)43-30(13-12-29)14-15-31(25-38(43)52)32-16-17-35(49)39(26-32)53-40(36(50)19-24-48)28-34(33-18-23-47-42(45)27-33)44(20-6-3-7-21-44)41-11-8-22-46-41/h8,11,14-18,22,26-27,29-31,34,36-38,40,43,46-52H,2-7,9-10,19-21,23-25,28,45H2,1H3/t29-,30+,31-,34+,36+,37-,38+,40+,43+/m0/s1. The molecule has 9 atom stereocenters. The smallest absolute Gasteiger partial charge is 0.161 e. The summed E-state index contributed by atoms with van der Waals surface area (Å²) < 4.78 is 6.68. The van der Waals surface area contributed by atoms with E-state index in [0.717, 1.165) is 74.6 Å². The second kappa shape index (κ2) is 18.1. The van der Waals surface area contributed by atoms with Gasteiger partial charge in [0.2, 0.25) is 0 Å². The highest BCUT2D eigenvalue weighted by molar-refractivity contribution is 5.45. The highest BCUT2D eigenvalue weighted by atomic mass is 16.5. The Labute approximate surface area is 315 Å². The molecule has 9 heteroatoms. The van der Waals surface area contributed by atoms with Crippen LogP contribution in [0, 0.1) is 35.5 Å². The van der Waals surface area contributed by atoms with Crippen LogP contribution in [0.1, 0.15) is 108 Å². The summed E-state index contributed by atoms with van der Waals surface area (Å²) in [7, 11) is 0. The van der Waals surface area contributed by atoms with Gasteiger partial charge in [0, 0.05) is 60.5 Å². The number of H-pyrrole nitrogens is 1. The Morgan fingerprint density at radius 3 is 2.57 bits per heavy atom. The topological polar surface area (TPSA) is 164 Å². The van der Waals surface area contributed by atoms with Gasteiger partial charge in [-0.25, -0.2) is 0 Å². The third-order valence-corrected chi connectivity index (χ3v) is 12.5. The molecular formula is C44H61N3O6. The van der Waals surface area contributed by atoms with Gasteiger partial charge < -0.3 is 46.3 Å². The van der Waals surface area contributed by atoms with Gasteiger partial charge in [0.25, 0.3) is 0 Å². The number of aliphatic hydroxyl groups is 4. The van der Waals surface area contributed by atoms with Crippen molar-refractivity contribution in [1.82, 2.24) is 10.3 Å². The Kier molecular flexibility index (Phi) is 13.3. The van der Waals surface area contributed by atoms with Crippen molar-refractivity contribution < 1.29 is 30.3 Å². The molecule has 9 nitrogen and oxygen atoms in total. The summed E-state index contributed by atoms with van der Waals surface area (Å²) >= 11 is 0. The summed E-state index contributed by atoms with van der Waals surface area (Å²) in [6.07, 6.45) is 17.9. The Morgan fingerprint density at radius 1 is 1.02 bits per heavy atom. The average Bonchev–Trinajstić information content (AvgIpc) is 3.66. The summed E-state index contributed by atoms with van der Waals surface area (Å²) in [5.41, 5.74) is 9.20. The third-order valence-electron chi connectivity index (χ3n) is 12.5. The van der Waals surface area contributed by atoms with Crippen LogP contribution in [0.5, 0.6) is 11.5 Å². The number of nitrogens with two attached hydrogens (primary N) is 1. The fraction of sp³-hybridized carbons (Fsp3) is 0.591. The van der Waals surface area contributed by atoms with Crippen molar-refractivity contribution in [3.05, 3.63) is 83.5 Å². The van der Waals surface area contributed by atoms with Crippen molar-refractivity contribution in [1.29, 1.82) is 0 Å². The number of aromatic nitrogens is 1. The molecule has 1 fully saturated rings. The van der Waals surface area contributed by atoms with Crippen LogP contribution < -0.4 is 15.8 Å². The molecule has 0 bridgehead atoms. The molecule has 288 valence electrons. The van der Waals surface area contributed by atoms with E-state index in [1.165, 1.54) is 0 Å². The molecule has 1 aromatic heterocycles. The quantitative estimate of drug-likeness (QED) is 0.0968. The lowest BCUT2D eigenvalue weighted by Crippen LogP contribution is -2.44. The van der Waals surface area contributed by atoms with E-state index < -0.39 is 24.4 Å². The predicted octanol–water partition coefficient (Wildman–Crippen LogP) is 6.05. The van der Waals surface area contributed by atoms with Crippen molar-refractivity contribution in [2.45, 2.75) is 126 Å². The summed E-state index contributed by atoms with van der Waals surface area (Å²) in [5, 5.41) is 58.9. The molecule has 2 aromatic rings. The number of benzene rings is 1. The van der Waals surface area contributed by atoms with E-state index in [1.807, 2.05) is 30.5 Å². The molecule has 3 aliphatic carbocycles. The van der Waals surface area contributed by atoms with Gasteiger partial charge in [-0.15, -0.1) is 0 Å². The van der Waals surface area contributed by atoms with Gasteiger partial charge in [0.15, 0.2) is 11.5 Å². The van der Waals surface area contributed by atoms with Crippen LogP contribution >= 0.6 is 0 Å². The van der Waals surface area contributed by atoms with Crippen LogP contribution in [0.15, 0.2) is 72.2 Å². The molecule has 0 unspecified atom stereocenters. The van der Waals surface area contributed by atoms with Crippen LogP contribution in [0.4, 0.5) is 0 Å². The van der Waals surface area contributed by atoms with Crippen LogP contribution in [0.3, 0.4) is 0 Å². The number of fused-ring (bicyclic) bond motifs is 1. The summed E-state index contributed by atoms with van der Waals surface area (Å²) in [5.74, 6) is 7.07. The maximum atomic E-state index is 11.6. The van der Waals surface area contributed by atoms with Crippen LogP contribution in [-0.4, -0.2) is 68.1 Å². The first-order chi connectivity index (χ1) is 25.7. The lowest BCUT2D eigenvalue weighted by Gasteiger charge is -2.46. The molecule has 0 spiro atoms. The largest absolute Gasteiger partial charge is 0.504 e. The minimum absolute atomic E-state index is 0.0485. The number of phenolic OH excluding ortho intramolecular Hbond substituents is 1. The van der Waals surface area contributed by atoms with Gasteiger partial charge in [-0.1, -0.05) is 75.2 Å². The zero-order valence-corrected chi connectivity index (χ0v) is 31.3. The second-order valence-corrected chi connectivity index (χ2v) is 15.9. The number of aromatic hydroxyl groups is 1. The molecule has 0 saturated heterocycles. The monoisotopic (exact) mass is 727 g/mol. The van der Waals surface area contributed by atoms with Crippen molar-refractivity contribution in [2.75, 3.05) is 13.2 Å². The lowest BCUT2D eigenvalue weighted by atomic mass is 9.60. The number of nitrogens with one attached hydrogen (secondary N) is 2. The lowest BCUT2D eigenvalue weighted by molar-refractivity contribution is -0.00710. The number of allylic oxidation sites excluding steroid dienone is 4. The first-order valence-electron chi connectivity index (χ1n) is 20.1. The van der Waals surface area contributed by atoms with Crippen LogP contribution in [0.2, 0.25) is 0 Å². The van der Waals surface area contributed by atoms with Crippen LogP contribution in [-0.2, 0) is 5.41 Å². The maximum absolute atomic E-state index is 11.6. The Bertz CT molecular complexity index is 1630. The molecule has 0 amide bonds. The number of rotatable bonds is 12. The average molecular weight is 728 g/mol. The third kappa shape index (κ3) is 9.17. The summed E-state index contributed by atoms with van der Waals surface area (Å²) in [6, 6.07) is 9.47. The first-order valence-corrected chi connectivity index (χ1v) is 20.1. The Hall–Kier alpha value is -3.68. The van der Waals surface area contributed by atoms with E-state index in [2.05, 4.69) is 53.4 Å². The van der Waals surface area contributed by atoms with Gasteiger partial charge in [0.05, 0.1) is 24.1 Å². The molecule has 1 aromatic carbocycles. The van der Waals surface area contributed by atoms with E-state index in [4.69, 9.17) is 10.5 Å². The van der Waals surface area contributed by atoms with E-state index >= 15 is 0 Å². The SMILES string of the molecule is CC[C@@H]1C#C[C@@H]2C=C[C@H](c3ccc(O)c(O[C@H](C[C@H](C4=CCNC(N)=C4)C4(c5ccc[nH]5)CCCCC4)[C@H](O)CCO)c3)C[C@@H](O)[C@H]2[C@@H](O)CCCC1. The normalized spacial score (nSPS) is 29.1. The number of aromatic amines is 1. The molecule has 0 radical (unpaired) electrons. The highest BCUT2D eigenvalue weighted by Crippen LogP contribution is 2.50. The van der Waals surface area contributed by atoms with E-state index in [-0.39, 0.29) is 53.6 Å². The Morgan fingerprint density at radius 2 is 1.83 bits per heavy atom. The molecule has 1 saturated carbocycles. The zero-order chi connectivity index (χ0) is 37.4. The second-order valence-electron chi connectivity index (χ2n) is 15.9. The number of dihydropyridines is 1. The molecule has 1 aliphatic heterocycles. The van der Waals surface area contributed by atoms with Gasteiger partial charge >= 0.3 is 0 Å². The molecule has 4 aliphatic rings. The molecule has 2 heterocycles. The molecule has 6 rings (SSSR count). The Balaban J connectivity index is 1.32. The zero-order valence-electron chi connectivity index (χ0n) is 31.3. The van der Waals surface area contributed by atoms with E-state index in [0.29, 0.717) is 37.5 Å². The van der Waals surface area contributed by atoms with Crippen molar-refractivity contribution in [3.8, 4) is 23.3 Å². The molecule has 9 N–H and O–H groups in total. The number of aliphatic hydroxyl groups excluding tert-OH is 4. The van der Waals surface area contributed by atoms with Crippen molar-refractivity contribution in [2.24, 2.45) is 29.4 Å². The highest BCUT2D eigenvalue weighted by Gasteiger charge is 2.46. The predicted molar refractivity (Wildman–Crippen MR) is 208 cm³/mol. The van der Waals surface area contributed by atoms with Crippen molar-refractivity contribution >= 4 is 0 Å². The fourth-order valence-electron chi connectivity index (χ4n) is 9.51. The number of hydrogen-bond donors (Lipinski definition) is 8. The van der Waals surface area contributed by atoms with Gasteiger partial charge in [-0.2, -0.15) is 0 Å². The summed E-state index contributed by atoms with van der Waals surface area (Å²) in [6.45, 7) is 2.56. The van der Waals surface area contributed by atoms with Crippen LogP contribution in [0.25, 0.3) is 0 Å². The van der Waals surface area contributed by atoms with Crippen molar-refractivity contribution in [3.63, 3.8) is 0 Å². The molecular weight excluding hydrogens is 666 g/mol. The van der Waals surface area contributed by atoms with E-state index in [9.17, 15) is 25.5 Å². The fourth-order valence-corrected chi connectivity index (χ4v) is 9.51. The van der Waals surface area contributed by atoms with Gasteiger partial charge in [0.1, 0.15) is 6.10 Å². The number of ether oxygens (including phenoxy) is 1. The van der Waals surface area contributed by atoms with E-state index in [1.54, 1.807) is 6.07 Å². The molecule has 53 heavy (non-hydrogen) atoms. The van der Waals surface area contributed by atoms with Gasteiger partial charge in [-0.05, 0) is 92.3 Å². The number of hydrogen-bond acceptors (Lipinski definition) is 8. The minimum Gasteiger partial charge on any atom is -0.504 e. The first kappa shape index (κ1) is 39.0. The number of phenols is 1.